The Morgan fingerprint density at radius 3 is 2.32 bits per heavy atom. The van der Waals surface area contributed by atoms with E-state index in [1.54, 1.807) is 47.4 Å². The number of anilines is 2. The van der Waals surface area contributed by atoms with Crippen molar-refractivity contribution in [3.05, 3.63) is 83.4 Å². The van der Waals surface area contributed by atoms with Crippen molar-refractivity contribution in [3.8, 4) is 11.5 Å². The highest BCUT2D eigenvalue weighted by molar-refractivity contribution is 6.21. The Balaban J connectivity index is 1.20. The third-order valence-corrected chi connectivity index (χ3v) is 6.23. The molecule has 5 rings (SSSR count). The third kappa shape index (κ3) is 5.02. The van der Waals surface area contributed by atoms with E-state index >= 15 is 0 Å². The zero-order valence-corrected chi connectivity index (χ0v) is 20.2. The number of aryl methyl sites for hydroxylation is 1. The number of rotatable bonds is 8. The van der Waals surface area contributed by atoms with E-state index in [0.717, 1.165) is 10.5 Å². The van der Waals surface area contributed by atoms with Crippen LogP contribution in [0.2, 0.25) is 0 Å². The van der Waals surface area contributed by atoms with Crippen LogP contribution in [0.15, 0.2) is 66.7 Å². The van der Waals surface area contributed by atoms with E-state index < -0.39 is 11.8 Å². The average molecular weight is 500 g/mol. The van der Waals surface area contributed by atoms with Gasteiger partial charge in [-0.1, -0.05) is 29.8 Å². The zero-order chi connectivity index (χ0) is 25.9. The maximum absolute atomic E-state index is 12.6. The zero-order valence-electron chi connectivity index (χ0n) is 20.2. The smallest absolute Gasteiger partial charge is 0.265 e. The number of carbonyl (C=O) groups is 4. The van der Waals surface area contributed by atoms with Crippen molar-refractivity contribution in [2.24, 2.45) is 0 Å². The number of hydrogen-bond acceptors (Lipinski definition) is 6. The highest BCUT2D eigenvalue weighted by Crippen LogP contribution is 2.34. The normalized spacial score (nSPS) is 14.2. The fourth-order valence-electron chi connectivity index (χ4n) is 4.29. The van der Waals surface area contributed by atoms with E-state index in [1.807, 2.05) is 31.2 Å². The number of nitrogens with zero attached hydrogens (tertiary/aromatic N) is 2. The number of ether oxygens (including phenoxy) is 2. The van der Waals surface area contributed by atoms with Crippen molar-refractivity contribution in [2.45, 2.75) is 13.3 Å². The van der Waals surface area contributed by atoms with Gasteiger partial charge < -0.3 is 19.7 Å². The molecule has 1 N–H and O–H groups in total. The second-order valence-corrected chi connectivity index (χ2v) is 8.78. The minimum absolute atomic E-state index is 0.0345. The molecule has 0 bridgehead atoms. The number of fused-ring (bicyclic) bond motifs is 2. The van der Waals surface area contributed by atoms with Crippen molar-refractivity contribution >= 4 is 35.0 Å². The lowest BCUT2D eigenvalue weighted by Gasteiger charge is -2.29. The molecule has 9 nitrogen and oxygen atoms in total. The molecule has 3 aromatic carbocycles. The van der Waals surface area contributed by atoms with Crippen molar-refractivity contribution in [1.82, 2.24) is 4.90 Å². The number of nitrogens with one attached hydrogen (secondary N) is 1. The SMILES string of the molecule is Cc1ccc(OCCN2C(=O)COc3ccc(NC(=O)CCN4C(=O)c5ccccc5C4=O)cc32)cc1. The van der Waals surface area contributed by atoms with E-state index in [0.29, 0.717) is 40.5 Å². The van der Waals surface area contributed by atoms with E-state index in [4.69, 9.17) is 9.47 Å². The summed E-state index contributed by atoms with van der Waals surface area (Å²) < 4.78 is 11.3. The molecule has 9 heteroatoms. The molecule has 188 valence electrons. The Morgan fingerprint density at radius 2 is 1.62 bits per heavy atom. The first kappa shape index (κ1) is 24.1. The van der Waals surface area contributed by atoms with E-state index in [1.165, 1.54) is 0 Å². The third-order valence-electron chi connectivity index (χ3n) is 6.23. The van der Waals surface area contributed by atoms with Gasteiger partial charge in [-0.3, -0.25) is 24.1 Å². The van der Waals surface area contributed by atoms with Crippen LogP contribution < -0.4 is 19.7 Å². The van der Waals surface area contributed by atoms with Crippen LogP contribution in [0.1, 0.15) is 32.7 Å². The van der Waals surface area contributed by atoms with Crippen LogP contribution in [0.4, 0.5) is 11.4 Å². The molecule has 0 fully saturated rings. The van der Waals surface area contributed by atoms with Crippen LogP contribution in [-0.4, -0.2) is 54.8 Å². The fourth-order valence-corrected chi connectivity index (χ4v) is 4.29. The molecular weight excluding hydrogens is 474 g/mol. The van der Waals surface area contributed by atoms with Crippen LogP contribution in [0.5, 0.6) is 11.5 Å². The number of amides is 4. The van der Waals surface area contributed by atoms with Gasteiger partial charge in [-0.15, -0.1) is 0 Å². The second-order valence-electron chi connectivity index (χ2n) is 8.78. The van der Waals surface area contributed by atoms with E-state index in [9.17, 15) is 19.2 Å². The topological polar surface area (TPSA) is 105 Å². The molecule has 0 atom stereocenters. The number of hydrogen-bond donors (Lipinski definition) is 1. The van der Waals surface area contributed by atoms with Crippen molar-refractivity contribution in [3.63, 3.8) is 0 Å². The molecule has 0 saturated heterocycles. The summed E-state index contributed by atoms with van der Waals surface area (Å²) in [5, 5.41) is 2.78. The summed E-state index contributed by atoms with van der Waals surface area (Å²) in [7, 11) is 0. The number of carbonyl (C=O) groups excluding carboxylic acids is 4. The molecule has 0 spiro atoms. The molecule has 2 aliphatic rings. The monoisotopic (exact) mass is 499 g/mol. The molecule has 0 unspecified atom stereocenters. The maximum Gasteiger partial charge on any atom is 0.265 e. The highest BCUT2D eigenvalue weighted by atomic mass is 16.5. The molecule has 0 saturated carbocycles. The molecule has 2 aliphatic heterocycles. The predicted octanol–water partition coefficient (Wildman–Crippen LogP) is 3.42. The maximum atomic E-state index is 12.6. The van der Waals surface area contributed by atoms with Gasteiger partial charge in [0, 0.05) is 18.7 Å². The summed E-state index contributed by atoms with van der Waals surface area (Å²) in [5.41, 5.74) is 2.82. The molecular formula is C28H25N3O6. The summed E-state index contributed by atoms with van der Waals surface area (Å²) in [4.78, 5) is 52.9. The molecule has 0 radical (unpaired) electrons. The quantitative estimate of drug-likeness (QED) is 0.476. The average Bonchev–Trinajstić information content (AvgIpc) is 3.14. The lowest BCUT2D eigenvalue weighted by molar-refractivity contribution is -0.121. The van der Waals surface area contributed by atoms with Gasteiger partial charge in [0.1, 0.15) is 18.1 Å². The van der Waals surface area contributed by atoms with Crippen LogP contribution in [0, 0.1) is 6.92 Å². The highest BCUT2D eigenvalue weighted by Gasteiger charge is 2.35. The van der Waals surface area contributed by atoms with Gasteiger partial charge in [0.05, 0.1) is 23.4 Å². The summed E-state index contributed by atoms with van der Waals surface area (Å²) in [6, 6.07) is 19.3. The van der Waals surface area contributed by atoms with Gasteiger partial charge in [-0.05, 0) is 49.4 Å². The first-order chi connectivity index (χ1) is 17.9. The Kier molecular flexibility index (Phi) is 6.59. The molecule has 0 aliphatic carbocycles. The first-order valence-corrected chi connectivity index (χ1v) is 11.9. The molecule has 0 aromatic heterocycles. The number of imide groups is 1. The van der Waals surface area contributed by atoms with Gasteiger partial charge in [0.2, 0.25) is 5.91 Å². The molecule has 4 amide bonds. The Morgan fingerprint density at radius 1 is 0.919 bits per heavy atom. The Labute approximate surface area is 213 Å². The van der Waals surface area contributed by atoms with Crippen LogP contribution in [-0.2, 0) is 9.59 Å². The second kappa shape index (κ2) is 10.1. The minimum Gasteiger partial charge on any atom is -0.492 e. The molecule has 3 aromatic rings. The summed E-state index contributed by atoms with van der Waals surface area (Å²) in [6.45, 7) is 2.47. The van der Waals surface area contributed by atoms with Gasteiger partial charge in [0.25, 0.3) is 17.7 Å². The summed E-state index contributed by atoms with van der Waals surface area (Å²) in [5.74, 6) is -0.143. The lowest BCUT2D eigenvalue weighted by atomic mass is 10.1. The van der Waals surface area contributed by atoms with Crippen molar-refractivity contribution in [2.75, 3.05) is 36.5 Å². The van der Waals surface area contributed by atoms with Crippen LogP contribution >= 0.6 is 0 Å². The standard InChI is InChI=1S/C28H25N3O6/c1-18-6-9-20(10-7-18)36-15-14-30-23-16-19(8-11-24(23)37-17-26(30)33)29-25(32)12-13-31-27(34)21-4-2-3-5-22(21)28(31)35/h2-11,16H,12-15,17H2,1H3,(H,29,32). The van der Waals surface area contributed by atoms with E-state index in [2.05, 4.69) is 5.32 Å². The minimum atomic E-state index is -0.402. The van der Waals surface area contributed by atoms with Gasteiger partial charge >= 0.3 is 0 Å². The first-order valence-electron chi connectivity index (χ1n) is 11.9. The summed E-state index contributed by atoms with van der Waals surface area (Å²) >= 11 is 0. The van der Waals surface area contributed by atoms with Crippen LogP contribution in [0.3, 0.4) is 0 Å². The fraction of sp³-hybridized carbons (Fsp3) is 0.214. The Hall–Kier alpha value is -4.66. The summed E-state index contributed by atoms with van der Waals surface area (Å²) in [6.07, 6.45) is -0.0634. The van der Waals surface area contributed by atoms with Crippen LogP contribution in [0.25, 0.3) is 0 Å². The largest absolute Gasteiger partial charge is 0.492 e. The Bertz CT molecular complexity index is 1350. The molecule has 37 heavy (non-hydrogen) atoms. The van der Waals surface area contributed by atoms with Gasteiger partial charge in [-0.2, -0.15) is 0 Å². The predicted molar refractivity (Wildman–Crippen MR) is 136 cm³/mol. The van der Waals surface area contributed by atoms with Gasteiger partial charge in [0.15, 0.2) is 6.61 Å². The lowest BCUT2D eigenvalue weighted by Crippen LogP contribution is -2.41. The van der Waals surface area contributed by atoms with Gasteiger partial charge in [-0.25, -0.2) is 0 Å². The van der Waals surface area contributed by atoms with Crippen molar-refractivity contribution < 1.29 is 28.7 Å². The van der Waals surface area contributed by atoms with Crippen molar-refractivity contribution in [1.29, 1.82) is 0 Å². The number of benzene rings is 3. The molecule has 2 heterocycles. The van der Waals surface area contributed by atoms with E-state index in [-0.39, 0.29) is 38.0 Å².